The van der Waals surface area contributed by atoms with Crippen molar-refractivity contribution in [3.05, 3.63) is 29.5 Å². The molecule has 0 atom stereocenters. The molecule has 27 heavy (non-hydrogen) atoms. The zero-order chi connectivity index (χ0) is 19.6. The van der Waals surface area contributed by atoms with Crippen molar-refractivity contribution in [1.29, 1.82) is 0 Å². The van der Waals surface area contributed by atoms with Crippen molar-refractivity contribution >= 4 is 17.5 Å². The van der Waals surface area contributed by atoms with Crippen LogP contribution < -0.4 is 14.8 Å². The van der Waals surface area contributed by atoms with E-state index in [1.54, 1.807) is 6.07 Å². The highest BCUT2D eigenvalue weighted by Crippen LogP contribution is 2.34. The molecule has 3 N–H and O–H groups in total. The molecule has 0 spiro atoms. The third-order valence-electron chi connectivity index (χ3n) is 3.65. The highest BCUT2D eigenvalue weighted by molar-refractivity contribution is 5.98. The Morgan fingerprint density at radius 1 is 1.19 bits per heavy atom. The van der Waals surface area contributed by atoms with Crippen LogP contribution in [0.15, 0.2) is 18.2 Å². The summed E-state index contributed by atoms with van der Waals surface area (Å²) >= 11 is 0. The van der Waals surface area contributed by atoms with E-state index in [1.165, 1.54) is 20.3 Å². The molecule has 0 saturated carbocycles. The molecule has 0 bridgehead atoms. The van der Waals surface area contributed by atoms with Crippen molar-refractivity contribution in [3.8, 4) is 11.5 Å². The lowest BCUT2D eigenvalue weighted by Crippen LogP contribution is -2.10. The number of carbonyl (C=O) groups is 1. The molecule has 2 rings (SSSR count). The first-order valence-corrected chi connectivity index (χ1v) is 8.55. The van der Waals surface area contributed by atoms with Crippen molar-refractivity contribution in [3.63, 3.8) is 0 Å². The number of aromatic amines is 1. The van der Waals surface area contributed by atoms with E-state index in [0.29, 0.717) is 17.3 Å². The number of aromatic nitrogens is 2. The number of aromatic carboxylic acids is 1. The second-order valence-electron chi connectivity index (χ2n) is 5.75. The van der Waals surface area contributed by atoms with Crippen molar-refractivity contribution < 1.29 is 28.8 Å². The smallest absolute Gasteiger partial charge is 0.341 e. The van der Waals surface area contributed by atoms with Crippen molar-refractivity contribution in [2.24, 2.45) is 0 Å². The van der Waals surface area contributed by atoms with Crippen LogP contribution in [0.4, 0.5) is 11.5 Å². The predicted molar refractivity (Wildman–Crippen MR) is 98.9 cm³/mol. The Labute approximate surface area is 157 Å². The van der Waals surface area contributed by atoms with E-state index in [1.807, 2.05) is 6.07 Å². The van der Waals surface area contributed by atoms with Gasteiger partial charge in [-0.3, -0.25) is 5.10 Å². The molecule has 0 saturated heterocycles. The highest BCUT2D eigenvalue weighted by atomic mass is 16.7. The number of rotatable bonds is 12. The number of hydrogen-bond donors (Lipinski definition) is 3. The Morgan fingerprint density at radius 2 is 1.93 bits per heavy atom. The van der Waals surface area contributed by atoms with Gasteiger partial charge in [-0.2, -0.15) is 5.10 Å². The van der Waals surface area contributed by atoms with Crippen LogP contribution in [0.2, 0.25) is 0 Å². The molecule has 148 valence electrons. The molecule has 2 aromatic rings. The first-order chi connectivity index (χ1) is 13.1. The number of H-pyrrole nitrogens is 1. The van der Waals surface area contributed by atoms with Gasteiger partial charge in [0.25, 0.3) is 0 Å². The number of methoxy groups -OCH3 is 2. The summed E-state index contributed by atoms with van der Waals surface area (Å²) in [6, 6.07) is 4.89. The van der Waals surface area contributed by atoms with E-state index in [-0.39, 0.29) is 24.9 Å². The lowest BCUT2D eigenvalue weighted by molar-refractivity contribution is 0.0447. The quantitative estimate of drug-likeness (QED) is 0.482. The van der Waals surface area contributed by atoms with Gasteiger partial charge in [0.15, 0.2) is 13.6 Å². The molecule has 0 fully saturated rings. The summed E-state index contributed by atoms with van der Waals surface area (Å²) in [6.45, 7) is 2.03. The topological polar surface area (TPSA) is 115 Å². The molecule has 9 nitrogen and oxygen atoms in total. The van der Waals surface area contributed by atoms with Gasteiger partial charge in [-0.05, 0) is 12.8 Å². The zero-order valence-corrected chi connectivity index (χ0v) is 15.7. The minimum absolute atomic E-state index is 0.0147. The van der Waals surface area contributed by atoms with Crippen LogP contribution in [0.5, 0.6) is 11.5 Å². The van der Waals surface area contributed by atoms with Crippen LogP contribution in [-0.2, 0) is 15.9 Å². The largest absolute Gasteiger partial charge is 0.477 e. The Morgan fingerprint density at radius 3 is 2.59 bits per heavy atom. The van der Waals surface area contributed by atoms with Crippen LogP contribution in [0, 0.1) is 0 Å². The Hall–Kier alpha value is -2.78. The summed E-state index contributed by atoms with van der Waals surface area (Å²) < 4.78 is 20.6. The molecule has 0 radical (unpaired) electrons. The second-order valence-corrected chi connectivity index (χ2v) is 5.75. The predicted octanol–water partition coefficient (Wildman–Crippen LogP) is 3.16. The minimum Gasteiger partial charge on any atom is -0.477 e. The van der Waals surface area contributed by atoms with Gasteiger partial charge in [-0.25, -0.2) is 4.79 Å². The van der Waals surface area contributed by atoms with E-state index in [9.17, 15) is 9.90 Å². The molecule has 0 amide bonds. The number of hydrogen-bond acceptors (Lipinski definition) is 7. The van der Waals surface area contributed by atoms with E-state index in [2.05, 4.69) is 22.4 Å². The number of carboxylic acid groups (broad SMARTS) is 1. The van der Waals surface area contributed by atoms with Gasteiger partial charge >= 0.3 is 5.97 Å². The number of benzene rings is 1. The zero-order valence-electron chi connectivity index (χ0n) is 15.7. The minimum atomic E-state index is -1.15. The van der Waals surface area contributed by atoms with Crippen molar-refractivity contribution in [1.82, 2.24) is 10.2 Å². The lowest BCUT2D eigenvalue weighted by atomic mass is 10.1. The molecule has 0 aliphatic carbocycles. The van der Waals surface area contributed by atoms with Crippen molar-refractivity contribution in [2.45, 2.75) is 26.2 Å². The fourth-order valence-corrected chi connectivity index (χ4v) is 2.41. The Balaban J connectivity index is 2.35. The van der Waals surface area contributed by atoms with Crippen LogP contribution in [0.3, 0.4) is 0 Å². The monoisotopic (exact) mass is 379 g/mol. The lowest BCUT2D eigenvalue weighted by Gasteiger charge is -2.16. The fraction of sp³-hybridized carbons (Fsp3) is 0.444. The number of anilines is 2. The van der Waals surface area contributed by atoms with Gasteiger partial charge in [0, 0.05) is 32.4 Å². The first kappa shape index (κ1) is 20.5. The summed E-state index contributed by atoms with van der Waals surface area (Å²) in [4.78, 5) is 11.8. The standard InChI is InChI=1S/C18H25N3O6/c1-4-5-6-12-7-16(21-20-12)19-14-8-13(26-10-24-2)9-15(27-11-25-3)17(14)18(22)23/h7-9H,4-6,10-11H2,1-3H3,(H,22,23)(H2,19,20,21). The number of nitrogens with zero attached hydrogens (tertiary/aromatic N) is 1. The van der Waals surface area contributed by atoms with Gasteiger partial charge < -0.3 is 29.4 Å². The SMILES string of the molecule is CCCCc1cc(Nc2cc(OCOC)cc(OCOC)c2C(=O)O)[nH]n1. The van der Waals surface area contributed by atoms with Gasteiger partial charge in [-0.1, -0.05) is 13.3 Å². The number of ether oxygens (including phenoxy) is 4. The maximum Gasteiger partial charge on any atom is 0.341 e. The third kappa shape index (κ3) is 5.87. The number of nitrogens with one attached hydrogen (secondary N) is 2. The third-order valence-corrected chi connectivity index (χ3v) is 3.65. The molecule has 1 aromatic heterocycles. The Bertz CT molecular complexity index is 747. The molecule has 1 heterocycles. The second kappa shape index (κ2) is 10.4. The van der Waals surface area contributed by atoms with Crippen LogP contribution >= 0.6 is 0 Å². The molecule has 0 aliphatic heterocycles. The average molecular weight is 379 g/mol. The van der Waals surface area contributed by atoms with E-state index in [0.717, 1.165) is 25.0 Å². The molecule has 1 aromatic carbocycles. The summed E-state index contributed by atoms with van der Waals surface area (Å²) in [5.74, 6) is -0.0647. The van der Waals surface area contributed by atoms with E-state index < -0.39 is 5.97 Å². The van der Waals surface area contributed by atoms with Gasteiger partial charge in [-0.15, -0.1) is 0 Å². The summed E-state index contributed by atoms with van der Waals surface area (Å²) in [5, 5.41) is 19.8. The van der Waals surface area contributed by atoms with E-state index in [4.69, 9.17) is 18.9 Å². The average Bonchev–Trinajstić information content (AvgIpc) is 3.09. The van der Waals surface area contributed by atoms with Gasteiger partial charge in [0.2, 0.25) is 0 Å². The van der Waals surface area contributed by atoms with Crippen LogP contribution in [-0.4, -0.2) is 49.1 Å². The summed E-state index contributed by atoms with van der Waals surface area (Å²) in [6.07, 6.45) is 2.94. The molecular weight excluding hydrogens is 354 g/mol. The molecular formula is C18H25N3O6. The van der Waals surface area contributed by atoms with Crippen LogP contribution in [0.1, 0.15) is 35.8 Å². The first-order valence-electron chi connectivity index (χ1n) is 8.55. The molecule has 0 unspecified atom stereocenters. The van der Waals surface area contributed by atoms with E-state index >= 15 is 0 Å². The normalized spacial score (nSPS) is 10.6. The van der Waals surface area contributed by atoms with Crippen molar-refractivity contribution in [2.75, 3.05) is 33.1 Å². The fourth-order valence-electron chi connectivity index (χ4n) is 2.41. The summed E-state index contributed by atoms with van der Waals surface area (Å²) in [7, 11) is 2.95. The number of aryl methyl sites for hydroxylation is 1. The molecule has 9 heteroatoms. The molecule has 0 aliphatic rings. The maximum atomic E-state index is 11.8. The highest BCUT2D eigenvalue weighted by Gasteiger charge is 2.20. The number of unbranched alkanes of at least 4 members (excludes halogenated alkanes) is 1. The number of carboxylic acids is 1. The summed E-state index contributed by atoms with van der Waals surface area (Å²) in [5.41, 5.74) is 1.16. The Kier molecular flexibility index (Phi) is 7.90. The van der Waals surface area contributed by atoms with Gasteiger partial charge in [0.1, 0.15) is 22.9 Å². The van der Waals surface area contributed by atoms with Gasteiger partial charge in [0.05, 0.1) is 11.4 Å². The van der Waals surface area contributed by atoms with Crippen LogP contribution in [0.25, 0.3) is 0 Å². The maximum absolute atomic E-state index is 11.8.